The van der Waals surface area contributed by atoms with Gasteiger partial charge < -0.3 is 9.64 Å². The highest BCUT2D eigenvalue weighted by Gasteiger charge is 2.36. The number of nitrogens with zero attached hydrogens (tertiary/aromatic N) is 4. The molecular formula is C15H24N4O4S. The molecule has 2 aliphatic rings. The summed E-state index contributed by atoms with van der Waals surface area (Å²) in [5.41, 5.74) is 0.608. The minimum absolute atomic E-state index is 0.0427. The monoisotopic (exact) mass is 356 g/mol. The number of morpholine rings is 1. The lowest BCUT2D eigenvalue weighted by molar-refractivity contribution is -0.140. The molecule has 0 N–H and O–H groups in total. The second kappa shape index (κ2) is 6.81. The summed E-state index contributed by atoms with van der Waals surface area (Å²) in [6.45, 7) is 4.70. The van der Waals surface area contributed by atoms with Crippen molar-refractivity contribution in [1.29, 1.82) is 0 Å². The Bertz CT molecular complexity index is 709. The number of sulfonamides is 1. The average Bonchev–Trinajstić information content (AvgIpc) is 2.95. The van der Waals surface area contributed by atoms with Crippen LogP contribution in [0.4, 0.5) is 0 Å². The second-order valence-corrected chi connectivity index (χ2v) is 8.26. The summed E-state index contributed by atoms with van der Waals surface area (Å²) in [5, 5.41) is 4.03. The van der Waals surface area contributed by atoms with E-state index in [4.69, 9.17) is 4.74 Å². The van der Waals surface area contributed by atoms with E-state index in [9.17, 15) is 13.2 Å². The van der Waals surface area contributed by atoms with Crippen molar-refractivity contribution in [3.8, 4) is 0 Å². The second-order valence-electron chi connectivity index (χ2n) is 6.36. The van der Waals surface area contributed by atoms with E-state index < -0.39 is 10.0 Å². The fraction of sp³-hybridized carbons (Fsp3) is 0.733. The number of carbonyl (C=O) groups excluding carboxylic acids is 1. The number of carbonyl (C=O) groups is 1. The van der Waals surface area contributed by atoms with Gasteiger partial charge >= 0.3 is 0 Å². The van der Waals surface area contributed by atoms with Crippen LogP contribution in [-0.2, 0) is 26.6 Å². The third-order valence-electron chi connectivity index (χ3n) is 4.86. The molecule has 1 aromatic heterocycles. The van der Waals surface area contributed by atoms with Crippen LogP contribution in [-0.4, -0.2) is 72.7 Å². The molecule has 1 aromatic rings. The highest BCUT2D eigenvalue weighted by Crippen LogP contribution is 2.26. The first-order valence-electron chi connectivity index (χ1n) is 8.26. The Morgan fingerprint density at radius 1 is 1.29 bits per heavy atom. The predicted octanol–water partition coefficient (Wildman–Crippen LogP) is -0.0120. The van der Waals surface area contributed by atoms with Crippen LogP contribution in [0.15, 0.2) is 11.1 Å². The third-order valence-corrected chi connectivity index (χ3v) is 6.83. The molecule has 24 heavy (non-hydrogen) atoms. The van der Waals surface area contributed by atoms with Gasteiger partial charge in [-0.3, -0.25) is 9.48 Å². The van der Waals surface area contributed by atoms with E-state index in [1.807, 2.05) is 0 Å². The maximum absolute atomic E-state index is 12.9. The molecule has 2 fully saturated rings. The highest BCUT2D eigenvalue weighted by atomic mass is 32.2. The topological polar surface area (TPSA) is 84.7 Å². The molecule has 3 rings (SSSR count). The Labute approximate surface area is 142 Å². The van der Waals surface area contributed by atoms with E-state index in [0.717, 1.165) is 6.42 Å². The van der Waals surface area contributed by atoms with Gasteiger partial charge in [-0.25, -0.2) is 8.42 Å². The number of hydrogen-bond acceptors (Lipinski definition) is 5. The van der Waals surface area contributed by atoms with E-state index in [0.29, 0.717) is 45.0 Å². The molecule has 0 spiro atoms. The van der Waals surface area contributed by atoms with Crippen LogP contribution in [0.25, 0.3) is 0 Å². The van der Waals surface area contributed by atoms with E-state index in [1.54, 1.807) is 23.6 Å². The normalized spacial score (nSPS) is 23.4. The van der Waals surface area contributed by atoms with Gasteiger partial charge in [0.1, 0.15) is 4.90 Å². The van der Waals surface area contributed by atoms with Crippen molar-refractivity contribution in [2.75, 3.05) is 39.4 Å². The molecule has 9 heteroatoms. The van der Waals surface area contributed by atoms with Crippen LogP contribution < -0.4 is 0 Å². The lowest BCUT2D eigenvalue weighted by Crippen LogP contribution is -2.49. The summed E-state index contributed by atoms with van der Waals surface area (Å²) in [6, 6.07) is 0. The molecule has 2 saturated heterocycles. The zero-order valence-corrected chi connectivity index (χ0v) is 15.0. The zero-order chi connectivity index (χ0) is 17.3. The highest BCUT2D eigenvalue weighted by molar-refractivity contribution is 7.89. The molecule has 134 valence electrons. The van der Waals surface area contributed by atoms with Crippen molar-refractivity contribution in [3.05, 3.63) is 11.9 Å². The molecule has 0 bridgehead atoms. The molecule has 3 heterocycles. The van der Waals surface area contributed by atoms with Crippen LogP contribution >= 0.6 is 0 Å². The van der Waals surface area contributed by atoms with Gasteiger partial charge in [-0.2, -0.15) is 9.40 Å². The summed E-state index contributed by atoms with van der Waals surface area (Å²) in [6.07, 6.45) is 2.81. The van der Waals surface area contributed by atoms with Crippen LogP contribution in [0.3, 0.4) is 0 Å². The maximum Gasteiger partial charge on any atom is 0.246 e. The Kier molecular flexibility index (Phi) is 4.93. The van der Waals surface area contributed by atoms with Gasteiger partial charge in [-0.1, -0.05) is 0 Å². The van der Waals surface area contributed by atoms with Crippen molar-refractivity contribution < 1.29 is 17.9 Å². The summed E-state index contributed by atoms with van der Waals surface area (Å²) in [5.74, 6) is -0.232. The van der Waals surface area contributed by atoms with Crippen LogP contribution in [0, 0.1) is 12.8 Å². The number of piperidine rings is 1. The number of hydrogen-bond donors (Lipinski definition) is 0. The number of aryl methyl sites for hydroxylation is 1. The molecule has 1 amide bonds. The first-order chi connectivity index (χ1) is 11.4. The first kappa shape index (κ1) is 17.4. The third kappa shape index (κ3) is 3.20. The van der Waals surface area contributed by atoms with Gasteiger partial charge in [-0.15, -0.1) is 0 Å². The van der Waals surface area contributed by atoms with Crippen LogP contribution in [0.1, 0.15) is 18.5 Å². The minimum atomic E-state index is -3.61. The Balaban J connectivity index is 1.75. The van der Waals surface area contributed by atoms with Gasteiger partial charge in [0.2, 0.25) is 15.9 Å². The minimum Gasteiger partial charge on any atom is -0.378 e. The largest absolute Gasteiger partial charge is 0.378 e. The lowest BCUT2D eigenvalue weighted by Gasteiger charge is -2.35. The molecule has 0 radical (unpaired) electrons. The fourth-order valence-corrected chi connectivity index (χ4v) is 4.98. The van der Waals surface area contributed by atoms with Crippen LogP contribution in [0.2, 0.25) is 0 Å². The van der Waals surface area contributed by atoms with Gasteiger partial charge in [0.15, 0.2) is 0 Å². The van der Waals surface area contributed by atoms with Crippen molar-refractivity contribution in [2.45, 2.75) is 24.7 Å². The smallest absolute Gasteiger partial charge is 0.246 e. The summed E-state index contributed by atoms with van der Waals surface area (Å²) >= 11 is 0. The summed E-state index contributed by atoms with van der Waals surface area (Å²) < 4.78 is 34.0. The number of rotatable bonds is 3. The predicted molar refractivity (Wildman–Crippen MR) is 86.8 cm³/mol. The first-order valence-corrected chi connectivity index (χ1v) is 9.70. The van der Waals surface area contributed by atoms with Crippen molar-refractivity contribution in [1.82, 2.24) is 19.0 Å². The van der Waals surface area contributed by atoms with E-state index in [2.05, 4.69) is 5.10 Å². The van der Waals surface area contributed by atoms with Crippen molar-refractivity contribution in [2.24, 2.45) is 13.0 Å². The van der Waals surface area contributed by atoms with E-state index in [1.165, 1.54) is 10.5 Å². The van der Waals surface area contributed by atoms with Crippen LogP contribution in [0.5, 0.6) is 0 Å². The van der Waals surface area contributed by atoms with Gasteiger partial charge in [-0.05, 0) is 19.8 Å². The fourth-order valence-electron chi connectivity index (χ4n) is 3.28. The van der Waals surface area contributed by atoms with Gasteiger partial charge in [0, 0.05) is 33.2 Å². The van der Waals surface area contributed by atoms with Gasteiger partial charge in [0.05, 0.1) is 31.0 Å². The summed E-state index contributed by atoms with van der Waals surface area (Å²) in [4.78, 5) is 14.7. The Morgan fingerprint density at radius 3 is 2.62 bits per heavy atom. The zero-order valence-electron chi connectivity index (χ0n) is 14.1. The molecule has 0 aromatic carbocycles. The number of ether oxygens (including phenoxy) is 1. The SMILES string of the molecule is Cc1c(S(=O)(=O)N2CCC[C@@H](C(=O)N3CCOCC3)C2)cnn1C. The molecule has 0 unspecified atom stereocenters. The van der Waals surface area contributed by atoms with Crippen molar-refractivity contribution in [3.63, 3.8) is 0 Å². The molecule has 0 saturated carbocycles. The van der Waals surface area contributed by atoms with Crippen molar-refractivity contribution >= 4 is 15.9 Å². The Hall–Kier alpha value is -1.45. The quantitative estimate of drug-likeness (QED) is 0.760. The molecule has 2 aliphatic heterocycles. The van der Waals surface area contributed by atoms with E-state index in [-0.39, 0.29) is 23.3 Å². The Morgan fingerprint density at radius 2 is 2.00 bits per heavy atom. The van der Waals surface area contributed by atoms with E-state index >= 15 is 0 Å². The average molecular weight is 356 g/mol. The molecular weight excluding hydrogens is 332 g/mol. The molecule has 0 aliphatic carbocycles. The lowest BCUT2D eigenvalue weighted by atomic mass is 9.98. The molecule has 8 nitrogen and oxygen atoms in total. The molecule has 1 atom stereocenters. The van der Waals surface area contributed by atoms with Gasteiger partial charge in [0.25, 0.3) is 0 Å². The maximum atomic E-state index is 12.9. The number of amides is 1. The standard InChI is InChI=1S/C15H24N4O4S/c1-12-14(10-16-17(12)2)24(21,22)19-5-3-4-13(11-19)15(20)18-6-8-23-9-7-18/h10,13H,3-9,11H2,1-2H3/t13-/m1/s1. The number of aromatic nitrogens is 2. The summed E-state index contributed by atoms with van der Waals surface area (Å²) in [7, 11) is -1.90.